The smallest absolute Gasteiger partial charge is 0.224 e. The zero-order valence-electron chi connectivity index (χ0n) is 9.17. The SMILES string of the molecule is CCN(CC(C)C)c1nc(Cl)ncc1Br. The molecule has 5 heteroatoms. The molecule has 0 aliphatic carbocycles. The number of anilines is 1. The lowest BCUT2D eigenvalue weighted by Gasteiger charge is -2.24. The van der Waals surface area contributed by atoms with Crippen LogP contribution in [0.3, 0.4) is 0 Å². The zero-order valence-corrected chi connectivity index (χ0v) is 11.5. The third-order valence-corrected chi connectivity index (χ3v) is 2.70. The number of rotatable bonds is 4. The quantitative estimate of drug-likeness (QED) is 0.797. The zero-order chi connectivity index (χ0) is 11.4. The predicted octanol–water partition coefficient (Wildman–Crippen LogP) is 3.37. The van der Waals surface area contributed by atoms with Crippen LogP contribution in [0.15, 0.2) is 10.7 Å². The Hall–Kier alpha value is -0.350. The Kier molecular flexibility index (Phi) is 4.80. The fourth-order valence-electron chi connectivity index (χ4n) is 1.37. The van der Waals surface area contributed by atoms with Gasteiger partial charge in [-0.1, -0.05) is 13.8 Å². The van der Waals surface area contributed by atoms with Crippen molar-refractivity contribution in [2.24, 2.45) is 5.92 Å². The summed E-state index contributed by atoms with van der Waals surface area (Å²) in [6.07, 6.45) is 1.69. The van der Waals surface area contributed by atoms with Gasteiger partial charge in [0.2, 0.25) is 5.28 Å². The van der Waals surface area contributed by atoms with Gasteiger partial charge in [-0.05, 0) is 40.4 Å². The molecule has 0 aromatic carbocycles. The van der Waals surface area contributed by atoms with Gasteiger partial charge in [-0.2, -0.15) is 4.98 Å². The summed E-state index contributed by atoms with van der Waals surface area (Å²) < 4.78 is 0.884. The van der Waals surface area contributed by atoms with Gasteiger partial charge in [0, 0.05) is 19.3 Å². The van der Waals surface area contributed by atoms with Crippen LogP contribution in [0.25, 0.3) is 0 Å². The van der Waals surface area contributed by atoms with E-state index in [0.29, 0.717) is 5.92 Å². The topological polar surface area (TPSA) is 29.0 Å². The maximum Gasteiger partial charge on any atom is 0.224 e. The van der Waals surface area contributed by atoms with Crippen LogP contribution in [-0.2, 0) is 0 Å². The number of aromatic nitrogens is 2. The maximum atomic E-state index is 5.78. The Morgan fingerprint density at radius 3 is 2.73 bits per heavy atom. The summed E-state index contributed by atoms with van der Waals surface area (Å²) in [7, 11) is 0. The van der Waals surface area contributed by atoms with E-state index in [9.17, 15) is 0 Å². The molecule has 0 aliphatic rings. The molecule has 0 fully saturated rings. The molecule has 0 bridgehead atoms. The number of nitrogens with zero attached hydrogens (tertiary/aromatic N) is 3. The van der Waals surface area contributed by atoms with Crippen LogP contribution in [-0.4, -0.2) is 23.1 Å². The van der Waals surface area contributed by atoms with Crippen LogP contribution < -0.4 is 4.90 Å². The van der Waals surface area contributed by atoms with Crippen LogP contribution in [0.5, 0.6) is 0 Å². The Morgan fingerprint density at radius 2 is 2.20 bits per heavy atom. The van der Waals surface area contributed by atoms with Crippen molar-refractivity contribution in [3.63, 3.8) is 0 Å². The average molecular weight is 293 g/mol. The molecular weight excluding hydrogens is 277 g/mol. The summed E-state index contributed by atoms with van der Waals surface area (Å²) in [6.45, 7) is 8.33. The lowest BCUT2D eigenvalue weighted by Crippen LogP contribution is -2.28. The summed E-state index contributed by atoms with van der Waals surface area (Å²) in [4.78, 5) is 10.3. The maximum absolute atomic E-state index is 5.78. The second kappa shape index (κ2) is 5.66. The lowest BCUT2D eigenvalue weighted by molar-refractivity contribution is 0.613. The molecule has 0 unspecified atom stereocenters. The van der Waals surface area contributed by atoms with Crippen molar-refractivity contribution in [2.45, 2.75) is 20.8 Å². The molecule has 0 amide bonds. The molecule has 1 aromatic rings. The first-order chi connectivity index (χ1) is 7.04. The van der Waals surface area contributed by atoms with Crippen molar-refractivity contribution in [1.29, 1.82) is 0 Å². The highest BCUT2D eigenvalue weighted by Crippen LogP contribution is 2.24. The van der Waals surface area contributed by atoms with Crippen molar-refractivity contribution in [3.8, 4) is 0 Å². The molecule has 1 heterocycles. The van der Waals surface area contributed by atoms with E-state index in [-0.39, 0.29) is 5.28 Å². The first-order valence-electron chi connectivity index (χ1n) is 4.97. The molecular formula is C10H15BrClN3. The number of halogens is 2. The van der Waals surface area contributed by atoms with Gasteiger partial charge < -0.3 is 4.90 Å². The first-order valence-corrected chi connectivity index (χ1v) is 6.14. The van der Waals surface area contributed by atoms with E-state index in [1.807, 2.05) is 0 Å². The van der Waals surface area contributed by atoms with E-state index in [2.05, 4.69) is 51.6 Å². The summed E-state index contributed by atoms with van der Waals surface area (Å²) in [5, 5.41) is 0.287. The molecule has 0 saturated carbocycles. The van der Waals surface area contributed by atoms with Gasteiger partial charge in [-0.15, -0.1) is 0 Å². The van der Waals surface area contributed by atoms with Crippen molar-refractivity contribution < 1.29 is 0 Å². The normalized spacial score (nSPS) is 10.8. The molecule has 3 nitrogen and oxygen atoms in total. The second-order valence-electron chi connectivity index (χ2n) is 3.74. The highest BCUT2D eigenvalue weighted by Gasteiger charge is 2.12. The summed E-state index contributed by atoms with van der Waals surface area (Å²) in [5.74, 6) is 1.46. The molecule has 0 saturated heterocycles. The third kappa shape index (κ3) is 3.61. The van der Waals surface area contributed by atoms with E-state index in [0.717, 1.165) is 23.4 Å². The van der Waals surface area contributed by atoms with Crippen LogP contribution in [0, 0.1) is 5.92 Å². The Balaban J connectivity index is 2.95. The van der Waals surface area contributed by atoms with Crippen molar-refractivity contribution >= 4 is 33.3 Å². The molecule has 1 rings (SSSR count). The van der Waals surface area contributed by atoms with Gasteiger partial charge in [-0.3, -0.25) is 0 Å². The molecule has 0 atom stereocenters. The molecule has 0 N–H and O–H groups in total. The second-order valence-corrected chi connectivity index (χ2v) is 4.94. The molecule has 1 aromatic heterocycles. The standard InChI is InChI=1S/C10H15BrClN3/c1-4-15(6-7(2)3)9-8(11)5-13-10(12)14-9/h5,7H,4,6H2,1-3H3. The van der Waals surface area contributed by atoms with Gasteiger partial charge in [0.25, 0.3) is 0 Å². The fraction of sp³-hybridized carbons (Fsp3) is 0.600. The third-order valence-electron chi connectivity index (χ3n) is 1.96. The van der Waals surface area contributed by atoms with Crippen molar-refractivity contribution in [1.82, 2.24) is 9.97 Å². The highest BCUT2D eigenvalue weighted by atomic mass is 79.9. The Bertz CT molecular complexity index is 330. The molecule has 15 heavy (non-hydrogen) atoms. The molecule has 0 spiro atoms. The minimum atomic E-state index is 0.287. The van der Waals surface area contributed by atoms with Gasteiger partial charge in [0.1, 0.15) is 5.82 Å². The largest absolute Gasteiger partial charge is 0.356 e. The minimum absolute atomic E-state index is 0.287. The first kappa shape index (κ1) is 12.7. The monoisotopic (exact) mass is 291 g/mol. The van der Waals surface area contributed by atoms with E-state index in [4.69, 9.17) is 11.6 Å². The molecule has 84 valence electrons. The summed E-state index contributed by atoms with van der Waals surface area (Å²) in [5.41, 5.74) is 0. The van der Waals surface area contributed by atoms with Crippen LogP contribution in [0.4, 0.5) is 5.82 Å². The fourth-order valence-corrected chi connectivity index (χ4v) is 1.94. The van der Waals surface area contributed by atoms with E-state index >= 15 is 0 Å². The van der Waals surface area contributed by atoms with E-state index < -0.39 is 0 Å². The number of hydrogen-bond donors (Lipinski definition) is 0. The van der Waals surface area contributed by atoms with Crippen molar-refractivity contribution in [2.75, 3.05) is 18.0 Å². The lowest BCUT2D eigenvalue weighted by atomic mass is 10.2. The predicted molar refractivity (Wildman–Crippen MR) is 67.5 cm³/mol. The number of hydrogen-bond acceptors (Lipinski definition) is 3. The summed E-state index contributed by atoms with van der Waals surface area (Å²) in [6, 6.07) is 0. The Labute approximate surface area is 104 Å². The van der Waals surface area contributed by atoms with E-state index in [1.54, 1.807) is 6.20 Å². The van der Waals surface area contributed by atoms with Gasteiger partial charge >= 0.3 is 0 Å². The van der Waals surface area contributed by atoms with Crippen LogP contribution >= 0.6 is 27.5 Å². The van der Waals surface area contributed by atoms with Crippen LogP contribution in [0.2, 0.25) is 5.28 Å². The van der Waals surface area contributed by atoms with Gasteiger partial charge in [0.05, 0.1) is 4.47 Å². The van der Waals surface area contributed by atoms with Gasteiger partial charge in [-0.25, -0.2) is 4.98 Å². The molecule has 0 aliphatic heterocycles. The minimum Gasteiger partial charge on any atom is -0.356 e. The average Bonchev–Trinajstić information content (AvgIpc) is 2.18. The molecule has 0 radical (unpaired) electrons. The van der Waals surface area contributed by atoms with E-state index in [1.165, 1.54) is 0 Å². The highest BCUT2D eigenvalue weighted by molar-refractivity contribution is 9.10. The Morgan fingerprint density at radius 1 is 1.53 bits per heavy atom. The van der Waals surface area contributed by atoms with Crippen LogP contribution in [0.1, 0.15) is 20.8 Å². The summed E-state index contributed by atoms with van der Waals surface area (Å²) >= 11 is 9.22. The van der Waals surface area contributed by atoms with Gasteiger partial charge in [0.15, 0.2) is 0 Å². The van der Waals surface area contributed by atoms with Crippen molar-refractivity contribution in [3.05, 3.63) is 16.0 Å².